The molecular weight excluding hydrogens is 358 g/mol. The SMILES string of the molecule is CSCCC(NC(=O)OCc1ccccc1)C(=O)NC(C(N)=O)C(C)O. The molecule has 26 heavy (non-hydrogen) atoms. The fourth-order valence-corrected chi connectivity index (χ4v) is 2.57. The lowest BCUT2D eigenvalue weighted by Gasteiger charge is -2.23. The molecule has 0 heterocycles. The molecule has 0 aliphatic carbocycles. The number of benzene rings is 1. The summed E-state index contributed by atoms with van der Waals surface area (Å²) in [5.41, 5.74) is 5.99. The van der Waals surface area contributed by atoms with E-state index in [0.29, 0.717) is 12.2 Å². The highest BCUT2D eigenvalue weighted by molar-refractivity contribution is 7.98. The van der Waals surface area contributed by atoms with Gasteiger partial charge in [-0.3, -0.25) is 9.59 Å². The Bertz CT molecular complexity index is 597. The van der Waals surface area contributed by atoms with Crippen LogP contribution in [-0.2, 0) is 20.9 Å². The summed E-state index contributed by atoms with van der Waals surface area (Å²) in [6.45, 7) is 1.41. The molecule has 1 aromatic carbocycles. The van der Waals surface area contributed by atoms with Crippen molar-refractivity contribution in [3.63, 3.8) is 0 Å². The molecule has 9 heteroatoms. The first-order chi connectivity index (χ1) is 12.3. The minimum Gasteiger partial charge on any atom is -0.445 e. The van der Waals surface area contributed by atoms with Gasteiger partial charge in [0.2, 0.25) is 11.8 Å². The zero-order chi connectivity index (χ0) is 19.5. The van der Waals surface area contributed by atoms with Gasteiger partial charge >= 0.3 is 6.09 Å². The zero-order valence-corrected chi connectivity index (χ0v) is 15.6. The Labute approximate surface area is 156 Å². The number of carbonyl (C=O) groups is 3. The van der Waals surface area contributed by atoms with E-state index in [2.05, 4.69) is 10.6 Å². The standard InChI is InChI=1S/C17H25N3O5S/c1-11(21)14(15(18)22)20-16(23)13(8-9-26-2)19-17(24)25-10-12-6-4-3-5-7-12/h3-7,11,13-14,21H,8-10H2,1-2H3,(H2,18,22)(H,19,24)(H,20,23). The first kappa shape index (κ1) is 21.8. The van der Waals surface area contributed by atoms with Crippen LogP contribution < -0.4 is 16.4 Å². The highest BCUT2D eigenvalue weighted by Gasteiger charge is 2.28. The smallest absolute Gasteiger partial charge is 0.408 e. The van der Waals surface area contributed by atoms with Gasteiger partial charge in [0.15, 0.2) is 0 Å². The fraction of sp³-hybridized carbons (Fsp3) is 0.471. The van der Waals surface area contributed by atoms with Crippen LogP contribution in [-0.4, -0.2) is 53.2 Å². The zero-order valence-electron chi connectivity index (χ0n) is 14.8. The second-order valence-electron chi connectivity index (χ2n) is 5.67. The van der Waals surface area contributed by atoms with E-state index in [0.717, 1.165) is 5.56 Å². The molecule has 144 valence electrons. The summed E-state index contributed by atoms with van der Waals surface area (Å²) >= 11 is 1.50. The van der Waals surface area contributed by atoms with Crippen molar-refractivity contribution in [3.8, 4) is 0 Å². The van der Waals surface area contributed by atoms with Gasteiger partial charge in [-0.2, -0.15) is 11.8 Å². The van der Waals surface area contributed by atoms with Gasteiger partial charge in [0, 0.05) is 0 Å². The lowest BCUT2D eigenvalue weighted by molar-refractivity contribution is -0.130. The van der Waals surface area contributed by atoms with Crippen LogP contribution in [0.25, 0.3) is 0 Å². The summed E-state index contributed by atoms with van der Waals surface area (Å²) in [4.78, 5) is 35.7. The highest BCUT2D eigenvalue weighted by Crippen LogP contribution is 2.05. The number of aliphatic hydroxyl groups is 1. The minimum absolute atomic E-state index is 0.0706. The second kappa shape index (κ2) is 11.4. The van der Waals surface area contributed by atoms with Crippen molar-refractivity contribution in [1.29, 1.82) is 0 Å². The van der Waals surface area contributed by atoms with E-state index in [9.17, 15) is 19.5 Å². The summed E-state index contributed by atoms with van der Waals surface area (Å²) < 4.78 is 5.11. The molecule has 0 aliphatic heterocycles. The molecule has 3 amide bonds. The number of alkyl carbamates (subject to hydrolysis) is 1. The Morgan fingerprint density at radius 1 is 1.23 bits per heavy atom. The van der Waals surface area contributed by atoms with Gasteiger partial charge in [0.05, 0.1) is 6.10 Å². The number of nitrogens with two attached hydrogens (primary N) is 1. The molecule has 0 spiro atoms. The van der Waals surface area contributed by atoms with E-state index in [4.69, 9.17) is 10.5 Å². The molecule has 1 aromatic rings. The Balaban J connectivity index is 2.65. The lowest BCUT2D eigenvalue weighted by Crippen LogP contribution is -2.56. The molecule has 0 radical (unpaired) electrons. The quantitative estimate of drug-likeness (QED) is 0.462. The van der Waals surface area contributed by atoms with Crippen LogP contribution in [0.5, 0.6) is 0 Å². The van der Waals surface area contributed by atoms with Crippen molar-refractivity contribution in [2.75, 3.05) is 12.0 Å². The van der Waals surface area contributed by atoms with Crippen molar-refractivity contribution in [3.05, 3.63) is 35.9 Å². The van der Waals surface area contributed by atoms with Gasteiger partial charge < -0.3 is 26.2 Å². The third kappa shape index (κ3) is 7.75. The molecule has 0 saturated heterocycles. The number of ether oxygens (including phenoxy) is 1. The molecule has 3 atom stereocenters. The first-order valence-electron chi connectivity index (χ1n) is 8.09. The van der Waals surface area contributed by atoms with Crippen LogP contribution in [0.1, 0.15) is 18.9 Å². The summed E-state index contributed by atoms with van der Waals surface area (Å²) in [7, 11) is 0. The first-order valence-corrected chi connectivity index (χ1v) is 9.48. The fourth-order valence-electron chi connectivity index (χ4n) is 2.09. The summed E-state index contributed by atoms with van der Waals surface area (Å²) in [5.74, 6) is -0.864. The van der Waals surface area contributed by atoms with E-state index in [1.54, 1.807) is 0 Å². The Morgan fingerprint density at radius 3 is 2.42 bits per heavy atom. The lowest BCUT2D eigenvalue weighted by atomic mass is 10.1. The normalized spacial score (nSPS) is 14.0. The molecule has 0 fully saturated rings. The maximum atomic E-state index is 12.4. The molecule has 0 aromatic heterocycles. The molecule has 0 aliphatic rings. The average Bonchev–Trinajstić information content (AvgIpc) is 2.61. The van der Waals surface area contributed by atoms with Crippen LogP contribution in [0.4, 0.5) is 4.79 Å². The van der Waals surface area contributed by atoms with E-state index in [-0.39, 0.29) is 6.61 Å². The molecule has 8 nitrogen and oxygen atoms in total. The van der Waals surface area contributed by atoms with Gasteiger partial charge in [0.1, 0.15) is 18.7 Å². The topological polar surface area (TPSA) is 131 Å². The number of hydrogen-bond donors (Lipinski definition) is 4. The average molecular weight is 383 g/mol. The maximum absolute atomic E-state index is 12.4. The minimum atomic E-state index is -1.23. The Morgan fingerprint density at radius 2 is 1.88 bits per heavy atom. The van der Waals surface area contributed by atoms with Gasteiger partial charge in [-0.25, -0.2) is 4.79 Å². The third-order valence-electron chi connectivity index (χ3n) is 3.52. The van der Waals surface area contributed by atoms with Crippen molar-refractivity contribution in [2.45, 2.75) is 38.1 Å². The van der Waals surface area contributed by atoms with Crippen molar-refractivity contribution in [2.24, 2.45) is 5.73 Å². The molecule has 5 N–H and O–H groups in total. The van der Waals surface area contributed by atoms with Crippen LogP contribution in [0.2, 0.25) is 0 Å². The van der Waals surface area contributed by atoms with Crippen molar-refractivity contribution in [1.82, 2.24) is 10.6 Å². The predicted molar refractivity (Wildman–Crippen MR) is 99.4 cm³/mol. The molecule has 3 unspecified atom stereocenters. The highest BCUT2D eigenvalue weighted by atomic mass is 32.2. The molecule has 0 bridgehead atoms. The number of rotatable bonds is 10. The van der Waals surface area contributed by atoms with Crippen LogP contribution >= 0.6 is 11.8 Å². The van der Waals surface area contributed by atoms with Crippen LogP contribution in [0, 0.1) is 0 Å². The second-order valence-corrected chi connectivity index (χ2v) is 6.65. The number of nitrogens with one attached hydrogen (secondary N) is 2. The maximum Gasteiger partial charge on any atom is 0.408 e. The number of carbonyl (C=O) groups excluding carboxylic acids is 3. The molecule has 0 saturated carbocycles. The third-order valence-corrected chi connectivity index (χ3v) is 4.16. The monoisotopic (exact) mass is 383 g/mol. The number of hydrogen-bond acceptors (Lipinski definition) is 6. The summed E-state index contributed by atoms with van der Waals surface area (Å²) in [6, 6.07) is 6.98. The van der Waals surface area contributed by atoms with Crippen LogP contribution in [0.15, 0.2) is 30.3 Å². The molecular formula is C17H25N3O5S. The van der Waals surface area contributed by atoms with Crippen molar-refractivity contribution < 1.29 is 24.2 Å². The van der Waals surface area contributed by atoms with Crippen molar-refractivity contribution >= 4 is 29.7 Å². The largest absolute Gasteiger partial charge is 0.445 e. The number of thioether (sulfide) groups is 1. The van der Waals surface area contributed by atoms with Gasteiger partial charge in [0.25, 0.3) is 0 Å². The number of aliphatic hydroxyl groups excluding tert-OH is 1. The Hall–Kier alpha value is -2.26. The number of primary amides is 1. The molecule has 1 rings (SSSR count). The Kier molecular flexibility index (Phi) is 9.53. The number of amides is 3. The summed E-state index contributed by atoms with van der Waals surface area (Å²) in [5, 5.41) is 14.4. The van der Waals surface area contributed by atoms with Crippen LogP contribution in [0.3, 0.4) is 0 Å². The predicted octanol–water partition coefficient (Wildman–Crippen LogP) is 0.385. The van der Waals surface area contributed by atoms with E-state index in [1.807, 2.05) is 36.6 Å². The van der Waals surface area contributed by atoms with E-state index < -0.39 is 36.1 Å². The van der Waals surface area contributed by atoms with Gasteiger partial charge in [-0.15, -0.1) is 0 Å². The van der Waals surface area contributed by atoms with E-state index in [1.165, 1.54) is 18.7 Å². The van der Waals surface area contributed by atoms with Gasteiger partial charge in [-0.05, 0) is 30.9 Å². The van der Waals surface area contributed by atoms with E-state index >= 15 is 0 Å². The summed E-state index contributed by atoms with van der Waals surface area (Å²) in [6.07, 6.45) is 0.300. The van der Waals surface area contributed by atoms with Gasteiger partial charge in [-0.1, -0.05) is 30.3 Å².